The highest BCUT2D eigenvalue weighted by Gasteiger charge is 2.26. The molecule has 2 aliphatic rings. The summed E-state index contributed by atoms with van der Waals surface area (Å²) in [5.41, 5.74) is 12.5. The second-order valence-electron chi connectivity index (χ2n) is 3.16. The highest BCUT2D eigenvalue weighted by atomic mass is 14.9. The maximum absolute atomic E-state index is 5.79. The van der Waals surface area contributed by atoms with Gasteiger partial charge in [-0.15, -0.1) is 0 Å². The smallest absolute Gasteiger partial charge is 0.0932 e. The number of nitrogens with zero attached hydrogens (tertiary/aromatic N) is 2. The molecule has 1 heterocycles. The summed E-state index contributed by atoms with van der Waals surface area (Å²) in [6, 6.07) is 0.0932. The van der Waals surface area contributed by atoms with Crippen molar-refractivity contribution in [3.05, 3.63) is 11.8 Å². The van der Waals surface area contributed by atoms with E-state index in [0.29, 0.717) is 0 Å². The Morgan fingerprint density at radius 2 is 2.17 bits per heavy atom. The monoisotopic (exact) mass is 164 g/mol. The number of nitrogens with two attached hydrogens (primary N) is 2. The Bertz CT molecular complexity index is 266. The van der Waals surface area contributed by atoms with Crippen molar-refractivity contribution in [1.29, 1.82) is 0 Å². The van der Waals surface area contributed by atoms with E-state index in [4.69, 9.17) is 11.5 Å². The molecule has 0 amide bonds. The molecule has 0 spiro atoms. The van der Waals surface area contributed by atoms with Crippen LogP contribution in [0.2, 0.25) is 0 Å². The second kappa shape index (κ2) is 2.80. The second-order valence-corrected chi connectivity index (χ2v) is 3.16. The molecular weight excluding hydrogens is 152 g/mol. The molecule has 4 heteroatoms. The molecule has 0 aromatic rings. The molecule has 4 N–H and O–H groups in total. The highest BCUT2D eigenvalue weighted by molar-refractivity contribution is 6.17. The summed E-state index contributed by atoms with van der Waals surface area (Å²) in [6.45, 7) is 0. The van der Waals surface area contributed by atoms with Gasteiger partial charge in [0.25, 0.3) is 0 Å². The Kier molecular flexibility index (Phi) is 1.78. The third-order valence-electron chi connectivity index (χ3n) is 2.25. The van der Waals surface area contributed by atoms with Crippen LogP contribution in [0.3, 0.4) is 0 Å². The molecule has 0 radical (unpaired) electrons. The minimum Gasteiger partial charge on any atom is -0.326 e. The van der Waals surface area contributed by atoms with E-state index < -0.39 is 0 Å². The molecule has 0 fully saturated rings. The van der Waals surface area contributed by atoms with E-state index in [0.717, 1.165) is 12.1 Å². The van der Waals surface area contributed by atoms with Gasteiger partial charge in [-0.2, -0.15) is 0 Å². The van der Waals surface area contributed by atoms with Crippen LogP contribution in [0, 0.1) is 0 Å². The Hall–Kier alpha value is -1.00. The predicted molar refractivity (Wildman–Crippen MR) is 49.4 cm³/mol. The lowest BCUT2D eigenvalue weighted by Gasteiger charge is -2.28. The fourth-order valence-electron chi connectivity index (χ4n) is 1.50. The fraction of sp³-hybridized carbons (Fsp3) is 0.500. The fourth-order valence-corrected chi connectivity index (χ4v) is 1.50. The van der Waals surface area contributed by atoms with Gasteiger partial charge < -0.3 is 11.5 Å². The molecule has 4 nitrogen and oxygen atoms in total. The van der Waals surface area contributed by atoms with Crippen LogP contribution < -0.4 is 11.5 Å². The normalized spacial score (nSPS) is 39.2. The van der Waals surface area contributed by atoms with Gasteiger partial charge in [0.15, 0.2) is 0 Å². The topological polar surface area (TPSA) is 76.8 Å². The molecule has 0 aromatic heterocycles. The van der Waals surface area contributed by atoms with Crippen molar-refractivity contribution in [2.24, 2.45) is 21.5 Å². The van der Waals surface area contributed by atoms with Crippen molar-refractivity contribution >= 4 is 12.4 Å². The number of hydrogen-bond acceptors (Lipinski definition) is 4. The molecule has 1 aliphatic carbocycles. The third kappa shape index (κ3) is 1.19. The zero-order chi connectivity index (χ0) is 8.55. The van der Waals surface area contributed by atoms with Crippen LogP contribution in [-0.4, -0.2) is 30.6 Å². The maximum atomic E-state index is 5.79. The van der Waals surface area contributed by atoms with Gasteiger partial charge in [-0.1, -0.05) is 0 Å². The summed E-state index contributed by atoms with van der Waals surface area (Å²) in [4.78, 5) is 8.45. The van der Waals surface area contributed by atoms with Crippen molar-refractivity contribution in [2.75, 3.05) is 0 Å². The molecule has 0 saturated carbocycles. The van der Waals surface area contributed by atoms with Gasteiger partial charge in [0, 0.05) is 24.5 Å². The van der Waals surface area contributed by atoms with E-state index in [1.807, 2.05) is 6.08 Å². The maximum Gasteiger partial charge on any atom is 0.0932 e. The zero-order valence-electron chi connectivity index (χ0n) is 6.72. The molecule has 2 rings (SSSR count). The number of fused-ring (bicyclic) bond motifs is 1. The quantitative estimate of drug-likeness (QED) is 0.504. The summed E-state index contributed by atoms with van der Waals surface area (Å²) in [5, 5.41) is 0. The molecule has 0 bridgehead atoms. The largest absolute Gasteiger partial charge is 0.326 e. The first kappa shape index (κ1) is 7.64. The first-order valence-electron chi connectivity index (χ1n) is 4.06. The summed E-state index contributed by atoms with van der Waals surface area (Å²) in [5.74, 6) is 0. The van der Waals surface area contributed by atoms with Crippen molar-refractivity contribution in [1.82, 2.24) is 0 Å². The van der Waals surface area contributed by atoms with E-state index in [1.54, 1.807) is 12.4 Å². The summed E-state index contributed by atoms with van der Waals surface area (Å²) in [6.07, 6.45) is 6.12. The lowest BCUT2D eigenvalue weighted by atomic mass is 9.92. The first-order chi connectivity index (χ1) is 5.77. The molecule has 3 atom stereocenters. The van der Waals surface area contributed by atoms with Crippen molar-refractivity contribution < 1.29 is 0 Å². The van der Waals surface area contributed by atoms with Crippen LogP contribution in [0.25, 0.3) is 0 Å². The van der Waals surface area contributed by atoms with Crippen LogP contribution in [0.5, 0.6) is 0 Å². The van der Waals surface area contributed by atoms with E-state index >= 15 is 0 Å². The highest BCUT2D eigenvalue weighted by Crippen LogP contribution is 2.22. The zero-order valence-corrected chi connectivity index (χ0v) is 6.72. The van der Waals surface area contributed by atoms with Crippen LogP contribution in [0.15, 0.2) is 21.8 Å². The molecule has 0 aromatic carbocycles. The van der Waals surface area contributed by atoms with Crippen molar-refractivity contribution in [3.8, 4) is 0 Å². The minimum absolute atomic E-state index is 0.0178. The Labute approximate surface area is 71.1 Å². The SMILES string of the molecule is NC1C=C2N=CC=NC2CC1N. The molecule has 12 heavy (non-hydrogen) atoms. The molecule has 64 valence electrons. The third-order valence-corrected chi connectivity index (χ3v) is 2.25. The molecular formula is C8H12N4. The van der Waals surface area contributed by atoms with Crippen molar-refractivity contribution in [2.45, 2.75) is 24.5 Å². The Morgan fingerprint density at radius 3 is 3.00 bits per heavy atom. The van der Waals surface area contributed by atoms with Gasteiger partial charge in [-0.25, -0.2) is 0 Å². The Balaban J connectivity index is 2.27. The average Bonchev–Trinajstić information content (AvgIpc) is 2.07. The lowest BCUT2D eigenvalue weighted by molar-refractivity contribution is 0.487. The number of hydrogen-bond donors (Lipinski definition) is 2. The van der Waals surface area contributed by atoms with E-state index in [9.17, 15) is 0 Å². The van der Waals surface area contributed by atoms with Crippen LogP contribution >= 0.6 is 0 Å². The lowest BCUT2D eigenvalue weighted by Crippen LogP contribution is -2.45. The van der Waals surface area contributed by atoms with E-state index in [-0.39, 0.29) is 18.1 Å². The molecule has 3 unspecified atom stereocenters. The molecule has 0 saturated heterocycles. The van der Waals surface area contributed by atoms with Crippen LogP contribution in [-0.2, 0) is 0 Å². The summed E-state index contributed by atoms with van der Waals surface area (Å²) in [7, 11) is 0. The average molecular weight is 164 g/mol. The minimum atomic E-state index is -0.0679. The first-order valence-corrected chi connectivity index (χ1v) is 4.06. The number of aliphatic imine (C=N–C) groups is 2. The summed E-state index contributed by atoms with van der Waals surface area (Å²) >= 11 is 0. The predicted octanol–water partition coefficient (Wildman–Crippen LogP) is -0.548. The van der Waals surface area contributed by atoms with E-state index in [1.165, 1.54) is 0 Å². The van der Waals surface area contributed by atoms with Gasteiger partial charge in [0.2, 0.25) is 0 Å². The van der Waals surface area contributed by atoms with Crippen LogP contribution in [0.1, 0.15) is 6.42 Å². The van der Waals surface area contributed by atoms with Gasteiger partial charge >= 0.3 is 0 Å². The summed E-state index contributed by atoms with van der Waals surface area (Å²) < 4.78 is 0. The number of rotatable bonds is 0. The van der Waals surface area contributed by atoms with Gasteiger partial charge in [0.05, 0.1) is 11.7 Å². The Morgan fingerprint density at radius 1 is 1.33 bits per heavy atom. The van der Waals surface area contributed by atoms with E-state index in [2.05, 4.69) is 9.98 Å². The standard InChI is InChI=1S/C8H12N4/c9-5-3-7-8(4-6(5)10)12-2-1-11-7/h1-3,5-6,8H,4,9-10H2. The van der Waals surface area contributed by atoms with Gasteiger partial charge in [-0.3, -0.25) is 9.98 Å². The van der Waals surface area contributed by atoms with Crippen LogP contribution in [0.4, 0.5) is 0 Å². The van der Waals surface area contributed by atoms with Crippen molar-refractivity contribution in [3.63, 3.8) is 0 Å². The van der Waals surface area contributed by atoms with Gasteiger partial charge in [0.1, 0.15) is 0 Å². The van der Waals surface area contributed by atoms with Gasteiger partial charge in [-0.05, 0) is 12.5 Å². The molecule has 1 aliphatic heterocycles.